The molecule has 1 saturated heterocycles. The van der Waals surface area contributed by atoms with Crippen LogP contribution in [0.5, 0.6) is 0 Å². The van der Waals surface area contributed by atoms with Gasteiger partial charge in [0.05, 0.1) is 5.69 Å². The van der Waals surface area contributed by atoms with E-state index in [4.69, 9.17) is 4.63 Å². The molecule has 2 fully saturated rings. The lowest BCUT2D eigenvalue weighted by molar-refractivity contribution is -0.138. The van der Waals surface area contributed by atoms with Gasteiger partial charge in [0.2, 0.25) is 17.7 Å². The molecule has 11 nitrogen and oxygen atoms in total. The quantitative estimate of drug-likeness (QED) is 0.293. The number of rotatable bonds is 13. The van der Waals surface area contributed by atoms with Crippen molar-refractivity contribution in [3.05, 3.63) is 41.0 Å². The summed E-state index contributed by atoms with van der Waals surface area (Å²) in [6.45, 7) is 12.2. The first-order valence-corrected chi connectivity index (χ1v) is 17.1. The first-order chi connectivity index (χ1) is 22.4. The van der Waals surface area contributed by atoms with Crippen LogP contribution in [0.25, 0.3) is 0 Å². The number of carbonyl (C=O) groups excluding carboxylic acids is 4. The Labute approximate surface area is 277 Å². The monoisotopic (exact) mass is 654 g/mol. The molecule has 1 saturated carbocycles. The molecule has 2 aromatic rings. The Morgan fingerprint density at radius 3 is 2.32 bits per heavy atom. The normalized spacial score (nSPS) is 21.4. The van der Waals surface area contributed by atoms with Gasteiger partial charge in [0, 0.05) is 50.9 Å². The largest absolute Gasteiger partial charge is 0.344 e. The van der Waals surface area contributed by atoms with Gasteiger partial charge in [-0.2, -0.15) is 0 Å². The molecule has 1 aromatic carbocycles. The minimum absolute atomic E-state index is 0.00949. The molecule has 1 aliphatic carbocycles. The van der Waals surface area contributed by atoms with E-state index in [2.05, 4.69) is 32.8 Å². The number of anilines is 1. The molecule has 12 heteroatoms. The Kier molecular flexibility index (Phi) is 12.6. The van der Waals surface area contributed by atoms with Gasteiger partial charge in [-0.15, -0.1) is 0 Å². The number of aromatic nitrogens is 2. The topological polar surface area (TPSA) is 138 Å². The van der Waals surface area contributed by atoms with Crippen molar-refractivity contribution in [3.63, 3.8) is 0 Å². The number of piperazine rings is 1. The van der Waals surface area contributed by atoms with Crippen LogP contribution < -0.4 is 10.6 Å². The van der Waals surface area contributed by atoms with Gasteiger partial charge >= 0.3 is 0 Å². The van der Waals surface area contributed by atoms with E-state index in [0.717, 1.165) is 38.8 Å². The fourth-order valence-corrected chi connectivity index (χ4v) is 6.84. The van der Waals surface area contributed by atoms with Crippen LogP contribution in [0.2, 0.25) is 0 Å². The lowest BCUT2D eigenvalue weighted by atomic mass is 9.71. The fraction of sp³-hybridized carbons (Fsp3) is 0.657. The third-order valence-corrected chi connectivity index (χ3v) is 10.3. The van der Waals surface area contributed by atoms with Gasteiger partial charge in [-0.05, 0) is 66.9 Å². The molecule has 258 valence electrons. The lowest BCUT2D eigenvalue weighted by Gasteiger charge is -2.36. The van der Waals surface area contributed by atoms with Gasteiger partial charge in [0.15, 0.2) is 11.5 Å². The highest BCUT2D eigenvalue weighted by molar-refractivity contribution is 6.00. The van der Waals surface area contributed by atoms with E-state index in [1.807, 2.05) is 20.9 Å². The number of nitrogens with zero attached hydrogens (tertiary/aromatic N) is 4. The summed E-state index contributed by atoms with van der Waals surface area (Å²) < 4.78 is 20.5. The molecule has 2 aliphatic rings. The molecular weight excluding hydrogens is 603 g/mol. The average Bonchev–Trinajstić information content (AvgIpc) is 3.56. The van der Waals surface area contributed by atoms with E-state index in [9.17, 15) is 19.2 Å². The Balaban J connectivity index is 1.53. The van der Waals surface area contributed by atoms with Crippen LogP contribution in [0.1, 0.15) is 101 Å². The maximum absolute atomic E-state index is 15.7. The lowest BCUT2D eigenvalue weighted by Crippen LogP contribution is -2.55. The van der Waals surface area contributed by atoms with Gasteiger partial charge in [-0.1, -0.05) is 58.7 Å². The third-order valence-electron chi connectivity index (χ3n) is 10.3. The number of carbonyl (C=O) groups is 4. The second-order valence-corrected chi connectivity index (χ2v) is 13.6. The van der Waals surface area contributed by atoms with Crippen LogP contribution in [0.3, 0.4) is 0 Å². The van der Waals surface area contributed by atoms with Crippen molar-refractivity contribution in [2.45, 2.75) is 91.5 Å². The number of likely N-dealkylation sites (N-methyl/N-ethyl adjacent to an activating group) is 1. The van der Waals surface area contributed by atoms with Crippen molar-refractivity contribution < 1.29 is 28.2 Å². The smallest absolute Gasteiger partial charge is 0.245 e. The molecule has 4 atom stereocenters. The predicted molar refractivity (Wildman–Crippen MR) is 176 cm³/mol. The second-order valence-electron chi connectivity index (χ2n) is 13.6. The van der Waals surface area contributed by atoms with Gasteiger partial charge in [0.1, 0.15) is 17.6 Å². The molecular formula is C35H51FN6O5. The van der Waals surface area contributed by atoms with Crippen LogP contribution >= 0.6 is 0 Å². The van der Waals surface area contributed by atoms with Crippen LogP contribution in [0.15, 0.2) is 22.8 Å². The number of ketones is 1. The predicted octanol–water partition coefficient (Wildman–Crippen LogP) is 4.83. The van der Waals surface area contributed by atoms with Crippen LogP contribution in [0, 0.1) is 29.5 Å². The van der Waals surface area contributed by atoms with Gasteiger partial charge in [-0.25, -0.2) is 9.02 Å². The number of aryl methyl sites for hydroxylation is 1. The number of halogens is 1. The minimum Gasteiger partial charge on any atom is -0.344 e. The van der Waals surface area contributed by atoms with E-state index in [1.165, 1.54) is 12.1 Å². The van der Waals surface area contributed by atoms with Gasteiger partial charge in [0.25, 0.3) is 0 Å². The van der Waals surface area contributed by atoms with Crippen molar-refractivity contribution in [3.8, 4) is 0 Å². The Morgan fingerprint density at radius 2 is 1.70 bits per heavy atom. The Hall–Kier alpha value is -3.67. The van der Waals surface area contributed by atoms with Crippen molar-refractivity contribution >= 4 is 29.2 Å². The molecule has 1 aromatic heterocycles. The Morgan fingerprint density at radius 1 is 1.02 bits per heavy atom. The Bertz CT molecular complexity index is 1400. The summed E-state index contributed by atoms with van der Waals surface area (Å²) in [6, 6.07) is 3.61. The zero-order valence-corrected chi connectivity index (χ0v) is 28.7. The van der Waals surface area contributed by atoms with Crippen LogP contribution in [0.4, 0.5) is 10.1 Å². The molecule has 0 spiro atoms. The summed E-state index contributed by atoms with van der Waals surface area (Å²) >= 11 is 0. The summed E-state index contributed by atoms with van der Waals surface area (Å²) in [5.41, 5.74) is 1.09. The van der Waals surface area contributed by atoms with Crippen molar-refractivity contribution in [1.29, 1.82) is 0 Å². The molecule has 1 aliphatic heterocycles. The average molecular weight is 655 g/mol. The number of amides is 3. The van der Waals surface area contributed by atoms with Crippen LogP contribution in [-0.2, 0) is 20.8 Å². The highest BCUT2D eigenvalue weighted by atomic mass is 19.1. The second kappa shape index (κ2) is 16.4. The minimum atomic E-state index is -0.862. The summed E-state index contributed by atoms with van der Waals surface area (Å²) in [5.74, 6) is -2.35. The van der Waals surface area contributed by atoms with Gasteiger partial charge in [-0.3, -0.25) is 19.2 Å². The third kappa shape index (κ3) is 9.03. The van der Waals surface area contributed by atoms with E-state index in [-0.39, 0.29) is 53.7 Å². The van der Waals surface area contributed by atoms with Gasteiger partial charge < -0.3 is 20.4 Å². The summed E-state index contributed by atoms with van der Waals surface area (Å²) in [5, 5.41) is 13.2. The maximum Gasteiger partial charge on any atom is 0.245 e. The molecule has 2 heterocycles. The molecule has 3 amide bonds. The highest BCUT2D eigenvalue weighted by Gasteiger charge is 2.37. The molecule has 2 unspecified atom stereocenters. The van der Waals surface area contributed by atoms with E-state index in [1.54, 1.807) is 24.8 Å². The number of nitrogens with one attached hydrogen (secondary N) is 2. The molecule has 0 radical (unpaired) electrons. The molecule has 47 heavy (non-hydrogen) atoms. The SMILES string of the molecule is CCC(=O)N[C@@H](C(=O)N1CCN(C)CC1)[C@@H](C)c1ccc(NC(=O)C(CC(=O)c2nonc2CC)C(C)C2CCC(C)CC2)c(F)c1. The maximum atomic E-state index is 15.7. The number of benzene rings is 1. The number of hydrogen-bond acceptors (Lipinski definition) is 8. The van der Waals surface area contributed by atoms with E-state index in [0.29, 0.717) is 36.7 Å². The molecule has 0 bridgehead atoms. The number of Topliss-reactive ketones (excluding diaryl/α,β-unsaturated/α-hetero) is 1. The molecule has 2 N–H and O–H groups in total. The van der Waals surface area contributed by atoms with E-state index < -0.39 is 29.6 Å². The van der Waals surface area contributed by atoms with E-state index >= 15 is 4.39 Å². The summed E-state index contributed by atoms with van der Waals surface area (Å²) in [7, 11) is 2.00. The first kappa shape index (κ1) is 36.2. The molecule has 4 rings (SSSR count). The highest BCUT2D eigenvalue weighted by Crippen LogP contribution is 2.38. The summed E-state index contributed by atoms with van der Waals surface area (Å²) in [4.78, 5) is 57.1. The first-order valence-electron chi connectivity index (χ1n) is 17.1. The summed E-state index contributed by atoms with van der Waals surface area (Å²) in [6.07, 6.45) is 4.66. The van der Waals surface area contributed by atoms with Crippen LogP contribution in [-0.4, -0.2) is 82.9 Å². The standard InChI is InChI=1S/C35H51FN6O5/c1-7-28-33(40-47-39-28)30(43)20-26(22(4)24-11-9-21(3)10-12-24)34(45)37-29-14-13-25(19-27(29)36)23(5)32(38-31(44)8-2)35(46)42-17-15-41(6)16-18-42/h13-14,19,21-24,26,32H,7-12,15-18,20H2,1-6H3,(H,37,45)(H,38,44)/t21?,22?,23-,24?,26?,32+/m0/s1. The fourth-order valence-electron chi connectivity index (χ4n) is 6.84. The van der Waals surface area contributed by atoms with Crippen molar-refractivity contribution in [1.82, 2.24) is 25.4 Å². The zero-order valence-electron chi connectivity index (χ0n) is 28.7. The number of hydrogen-bond donors (Lipinski definition) is 2. The van der Waals surface area contributed by atoms with Crippen molar-refractivity contribution in [2.24, 2.45) is 23.7 Å². The zero-order chi connectivity index (χ0) is 34.2. The van der Waals surface area contributed by atoms with Crippen molar-refractivity contribution in [2.75, 3.05) is 38.5 Å².